The van der Waals surface area contributed by atoms with Crippen molar-refractivity contribution in [1.29, 1.82) is 0 Å². The molecule has 4 nitrogen and oxygen atoms in total. The number of benzene rings is 1. The topological polar surface area (TPSA) is 63.3 Å². The fourth-order valence-corrected chi connectivity index (χ4v) is 1.61. The number of aliphatic hydroxyl groups excluding tert-OH is 1. The van der Waals surface area contributed by atoms with Gasteiger partial charge >= 0.3 is 0 Å². The van der Waals surface area contributed by atoms with Crippen LogP contribution in [0, 0.1) is 6.92 Å². The SMILES string of the molecule is CCC(=O)C(O)c1ccc2nc(C)oc2c1. The van der Waals surface area contributed by atoms with Crippen LogP contribution in [0.15, 0.2) is 22.6 Å². The molecule has 84 valence electrons. The Hall–Kier alpha value is -1.68. The third-order valence-corrected chi connectivity index (χ3v) is 2.49. The Morgan fingerprint density at radius 3 is 3.00 bits per heavy atom. The zero-order valence-corrected chi connectivity index (χ0v) is 9.23. The molecule has 0 aliphatic carbocycles. The summed E-state index contributed by atoms with van der Waals surface area (Å²) in [6.45, 7) is 3.48. The summed E-state index contributed by atoms with van der Waals surface area (Å²) < 4.78 is 5.34. The summed E-state index contributed by atoms with van der Waals surface area (Å²) in [5, 5.41) is 9.74. The molecule has 0 aliphatic rings. The van der Waals surface area contributed by atoms with Crippen molar-refractivity contribution in [3.8, 4) is 0 Å². The minimum atomic E-state index is -1.07. The first-order chi connectivity index (χ1) is 7.61. The highest BCUT2D eigenvalue weighted by atomic mass is 16.3. The van der Waals surface area contributed by atoms with E-state index in [1.165, 1.54) is 0 Å². The number of rotatable bonds is 3. The first-order valence-electron chi connectivity index (χ1n) is 5.19. The molecule has 2 rings (SSSR count). The van der Waals surface area contributed by atoms with Crippen LogP contribution in [0.2, 0.25) is 0 Å². The lowest BCUT2D eigenvalue weighted by Gasteiger charge is -2.07. The van der Waals surface area contributed by atoms with Gasteiger partial charge in [-0.1, -0.05) is 13.0 Å². The Morgan fingerprint density at radius 2 is 2.31 bits per heavy atom. The number of carbonyl (C=O) groups is 1. The predicted molar refractivity (Wildman–Crippen MR) is 59.0 cm³/mol. The largest absolute Gasteiger partial charge is 0.441 e. The first-order valence-corrected chi connectivity index (χ1v) is 5.19. The van der Waals surface area contributed by atoms with Gasteiger partial charge in [0.1, 0.15) is 11.6 Å². The number of oxazole rings is 1. The van der Waals surface area contributed by atoms with E-state index in [0.717, 1.165) is 5.52 Å². The van der Waals surface area contributed by atoms with Gasteiger partial charge in [-0.25, -0.2) is 4.98 Å². The molecule has 0 saturated heterocycles. The molecule has 0 radical (unpaired) electrons. The van der Waals surface area contributed by atoms with Crippen molar-refractivity contribution in [3.05, 3.63) is 29.7 Å². The monoisotopic (exact) mass is 219 g/mol. The van der Waals surface area contributed by atoms with Gasteiger partial charge < -0.3 is 9.52 Å². The van der Waals surface area contributed by atoms with Crippen LogP contribution >= 0.6 is 0 Å². The van der Waals surface area contributed by atoms with Gasteiger partial charge in [0.15, 0.2) is 17.3 Å². The maximum Gasteiger partial charge on any atom is 0.192 e. The van der Waals surface area contributed by atoms with Gasteiger partial charge in [-0.3, -0.25) is 4.79 Å². The predicted octanol–water partition coefficient (Wildman–Crippen LogP) is 2.15. The summed E-state index contributed by atoms with van der Waals surface area (Å²) in [6.07, 6.45) is -0.756. The Labute approximate surface area is 92.9 Å². The van der Waals surface area contributed by atoms with E-state index in [0.29, 0.717) is 23.5 Å². The number of aromatic nitrogens is 1. The minimum Gasteiger partial charge on any atom is -0.441 e. The quantitative estimate of drug-likeness (QED) is 0.859. The Kier molecular flexibility index (Phi) is 2.75. The number of hydrogen-bond donors (Lipinski definition) is 1. The van der Waals surface area contributed by atoms with E-state index in [9.17, 15) is 9.90 Å². The van der Waals surface area contributed by atoms with Gasteiger partial charge in [0.25, 0.3) is 0 Å². The number of hydrogen-bond acceptors (Lipinski definition) is 4. The van der Waals surface area contributed by atoms with Crippen LogP contribution in [0.4, 0.5) is 0 Å². The van der Waals surface area contributed by atoms with Gasteiger partial charge in [-0.15, -0.1) is 0 Å². The number of nitrogens with zero attached hydrogens (tertiary/aromatic N) is 1. The lowest BCUT2D eigenvalue weighted by molar-refractivity contribution is -0.127. The molecule has 16 heavy (non-hydrogen) atoms. The summed E-state index contributed by atoms with van der Waals surface area (Å²) in [6, 6.07) is 5.10. The molecule has 0 amide bonds. The number of fused-ring (bicyclic) bond motifs is 1. The average molecular weight is 219 g/mol. The third-order valence-electron chi connectivity index (χ3n) is 2.49. The lowest BCUT2D eigenvalue weighted by atomic mass is 10.0. The molecule has 0 bridgehead atoms. The average Bonchev–Trinajstić information content (AvgIpc) is 2.65. The standard InChI is InChI=1S/C12H13NO3/c1-3-10(14)12(15)8-4-5-9-11(6-8)16-7(2)13-9/h4-6,12,15H,3H2,1-2H3. The van der Waals surface area contributed by atoms with Gasteiger partial charge in [0, 0.05) is 13.3 Å². The van der Waals surface area contributed by atoms with Crippen molar-refractivity contribution in [3.63, 3.8) is 0 Å². The summed E-state index contributed by atoms with van der Waals surface area (Å²) >= 11 is 0. The number of aryl methyl sites for hydroxylation is 1. The molecule has 0 saturated carbocycles. The number of carbonyl (C=O) groups excluding carboxylic acids is 1. The van der Waals surface area contributed by atoms with Crippen molar-refractivity contribution >= 4 is 16.9 Å². The van der Waals surface area contributed by atoms with E-state index in [1.807, 2.05) is 0 Å². The summed E-state index contributed by atoms with van der Waals surface area (Å²) in [5.74, 6) is 0.374. The van der Waals surface area contributed by atoms with Crippen LogP contribution in [-0.2, 0) is 4.79 Å². The molecule has 4 heteroatoms. The van der Waals surface area contributed by atoms with E-state index in [-0.39, 0.29) is 5.78 Å². The molecule has 1 heterocycles. The Balaban J connectivity index is 2.42. The molecule has 1 unspecified atom stereocenters. The van der Waals surface area contributed by atoms with Crippen LogP contribution in [0.3, 0.4) is 0 Å². The van der Waals surface area contributed by atoms with E-state index < -0.39 is 6.10 Å². The van der Waals surface area contributed by atoms with Crippen molar-refractivity contribution in [1.82, 2.24) is 4.98 Å². The molecular formula is C12H13NO3. The summed E-state index contributed by atoms with van der Waals surface area (Å²) in [5.41, 5.74) is 1.88. The zero-order chi connectivity index (χ0) is 11.7. The Bertz CT molecular complexity index is 530. The molecule has 1 N–H and O–H groups in total. The van der Waals surface area contributed by atoms with Crippen LogP contribution in [-0.4, -0.2) is 15.9 Å². The second-order valence-corrected chi connectivity index (χ2v) is 3.68. The van der Waals surface area contributed by atoms with Crippen LogP contribution in [0.5, 0.6) is 0 Å². The molecule has 1 aromatic carbocycles. The third kappa shape index (κ3) is 1.84. The fourth-order valence-electron chi connectivity index (χ4n) is 1.61. The molecule has 0 aliphatic heterocycles. The Morgan fingerprint density at radius 1 is 1.56 bits per heavy atom. The molecule has 2 aromatic rings. The minimum absolute atomic E-state index is 0.199. The second kappa shape index (κ2) is 4.06. The van der Waals surface area contributed by atoms with Gasteiger partial charge in [0.2, 0.25) is 0 Å². The maximum absolute atomic E-state index is 11.4. The van der Waals surface area contributed by atoms with Crippen LogP contribution in [0.25, 0.3) is 11.1 Å². The smallest absolute Gasteiger partial charge is 0.192 e. The highest BCUT2D eigenvalue weighted by Crippen LogP contribution is 2.22. The molecule has 0 spiro atoms. The van der Waals surface area contributed by atoms with Gasteiger partial charge in [-0.2, -0.15) is 0 Å². The van der Waals surface area contributed by atoms with Crippen molar-refractivity contribution in [2.75, 3.05) is 0 Å². The molecular weight excluding hydrogens is 206 g/mol. The highest BCUT2D eigenvalue weighted by Gasteiger charge is 2.16. The molecule has 1 aromatic heterocycles. The summed E-state index contributed by atoms with van der Waals surface area (Å²) in [7, 11) is 0. The van der Waals surface area contributed by atoms with Crippen molar-refractivity contribution in [2.45, 2.75) is 26.4 Å². The lowest BCUT2D eigenvalue weighted by Crippen LogP contribution is -2.10. The number of ketones is 1. The molecule has 0 fully saturated rings. The molecule has 1 atom stereocenters. The van der Waals surface area contributed by atoms with E-state index in [4.69, 9.17) is 4.42 Å². The normalized spacial score (nSPS) is 12.9. The van der Waals surface area contributed by atoms with Crippen molar-refractivity contribution in [2.24, 2.45) is 0 Å². The zero-order valence-electron chi connectivity index (χ0n) is 9.23. The van der Waals surface area contributed by atoms with Crippen molar-refractivity contribution < 1.29 is 14.3 Å². The van der Waals surface area contributed by atoms with Gasteiger partial charge in [0.05, 0.1) is 0 Å². The first kappa shape index (κ1) is 10.8. The number of Topliss-reactive ketones (excluding diaryl/α,β-unsaturated/α-hetero) is 1. The number of aliphatic hydroxyl groups is 1. The second-order valence-electron chi connectivity index (χ2n) is 3.68. The van der Waals surface area contributed by atoms with E-state index >= 15 is 0 Å². The maximum atomic E-state index is 11.4. The summed E-state index contributed by atoms with van der Waals surface area (Å²) in [4.78, 5) is 15.5. The fraction of sp³-hybridized carbons (Fsp3) is 0.333. The van der Waals surface area contributed by atoms with Crippen LogP contribution in [0.1, 0.15) is 30.9 Å². The van der Waals surface area contributed by atoms with E-state index in [2.05, 4.69) is 4.98 Å². The highest BCUT2D eigenvalue weighted by molar-refractivity contribution is 5.85. The van der Waals surface area contributed by atoms with Crippen LogP contribution < -0.4 is 0 Å². The van der Waals surface area contributed by atoms with Gasteiger partial charge in [-0.05, 0) is 17.7 Å². The van der Waals surface area contributed by atoms with E-state index in [1.54, 1.807) is 32.0 Å².